The van der Waals surface area contributed by atoms with E-state index < -0.39 is 6.36 Å². The van der Waals surface area contributed by atoms with Crippen LogP contribution in [0, 0.1) is 0 Å². The van der Waals surface area contributed by atoms with Crippen LogP contribution < -0.4 is 4.74 Å². The van der Waals surface area contributed by atoms with Crippen molar-refractivity contribution in [3.05, 3.63) is 52.6 Å². The standard InChI is InChI=1S/C13H8BrF3N2O/c14-10-3-6-12(19-8-10)18-7-9-1-4-11(5-2-9)20-13(15,16)17/h1-8H. The van der Waals surface area contributed by atoms with Crippen molar-refractivity contribution in [2.45, 2.75) is 6.36 Å². The fourth-order valence-corrected chi connectivity index (χ4v) is 1.58. The Bertz CT molecular complexity index is 595. The van der Waals surface area contributed by atoms with Crippen molar-refractivity contribution in [2.24, 2.45) is 4.99 Å². The molecular formula is C13H8BrF3N2O. The third-order valence-corrected chi connectivity index (χ3v) is 2.64. The highest BCUT2D eigenvalue weighted by Gasteiger charge is 2.30. The number of pyridine rings is 1. The van der Waals surface area contributed by atoms with Gasteiger partial charge in [-0.15, -0.1) is 13.2 Å². The van der Waals surface area contributed by atoms with E-state index in [0.29, 0.717) is 11.4 Å². The van der Waals surface area contributed by atoms with Gasteiger partial charge in [-0.25, -0.2) is 9.98 Å². The summed E-state index contributed by atoms with van der Waals surface area (Å²) in [6.45, 7) is 0. The zero-order valence-corrected chi connectivity index (χ0v) is 11.5. The molecule has 2 aromatic rings. The van der Waals surface area contributed by atoms with Crippen molar-refractivity contribution >= 4 is 28.0 Å². The molecule has 0 aliphatic carbocycles. The van der Waals surface area contributed by atoms with E-state index in [1.54, 1.807) is 18.3 Å². The van der Waals surface area contributed by atoms with Gasteiger partial charge in [0.05, 0.1) is 0 Å². The van der Waals surface area contributed by atoms with Crippen LogP contribution in [0.5, 0.6) is 5.75 Å². The zero-order chi connectivity index (χ0) is 14.6. The van der Waals surface area contributed by atoms with Crippen LogP contribution in [0.4, 0.5) is 19.0 Å². The normalized spacial score (nSPS) is 11.8. The van der Waals surface area contributed by atoms with E-state index in [2.05, 4.69) is 30.6 Å². The lowest BCUT2D eigenvalue weighted by Gasteiger charge is -2.08. The van der Waals surface area contributed by atoms with Gasteiger partial charge in [-0.3, -0.25) is 0 Å². The topological polar surface area (TPSA) is 34.5 Å². The first-order valence-electron chi connectivity index (χ1n) is 5.44. The molecule has 0 bridgehead atoms. The Hall–Kier alpha value is -1.89. The van der Waals surface area contributed by atoms with Gasteiger partial charge in [0.25, 0.3) is 0 Å². The molecule has 0 spiro atoms. The molecule has 104 valence electrons. The minimum Gasteiger partial charge on any atom is -0.406 e. The highest BCUT2D eigenvalue weighted by Crippen LogP contribution is 2.22. The molecule has 2 rings (SSSR count). The largest absolute Gasteiger partial charge is 0.573 e. The van der Waals surface area contributed by atoms with E-state index in [9.17, 15) is 13.2 Å². The molecule has 1 aromatic heterocycles. The van der Waals surface area contributed by atoms with Crippen LogP contribution in [0.15, 0.2) is 52.1 Å². The monoisotopic (exact) mass is 344 g/mol. The van der Waals surface area contributed by atoms with Gasteiger partial charge < -0.3 is 4.74 Å². The molecule has 0 amide bonds. The van der Waals surface area contributed by atoms with Crippen molar-refractivity contribution in [1.82, 2.24) is 4.98 Å². The Labute approximate surface area is 121 Å². The van der Waals surface area contributed by atoms with Crippen molar-refractivity contribution in [3.63, 3.8) is 0 Å². The molecule has 0 aliphatic heterocycles. The van der Waals surface area contributed by atoms with Crippen molar-refractivity contribution in [2.75, 3.05) is 0 Å². The Kier molecular flexibility index (Phi) is 4.39. The molecule has 0 atom stereocenters. The summed E-state index contributed by atoms with van der Waals surface area (Å²) in [4.78, 5) is 8.14. The molecule has 0 fully saturated rings. The molecule has 1 heterocycles. The maximum Gasteiger partial charge on any atom is 0.573 e. The number of aliphatic imine (C=N–C) groups is 1. The van der Waals surface area contributed by atoms with Gasteiger partial charge in [0, 0.05) is 16.9 Å². The quantitative estimate of drug-likeness (QED) is 0.768. The second kappa shape index (κ2) is 6.04. The summed E-state index contributed by atoms with van der Waals surface area (Å²) >= 11 is 3.25. The van der Waals surface area contributed by atoms with Crippen LogP contribution in [0.25, 0.3) is 0 Å². The highest BCUT2D eigenvalue weighted by atomic mass is 79.9. The minimum atomic E-state index is -4.68. The van der Waals surface area contributed by atoms with Crippen LogP contribution in [0.2, 0.25) is 0 Å². The van der Waals surface area contributed by atoms with E-state index in [1.807, 2.05) is 0 Å². The molecule has 0 saturated carbocycles. The fourth-order valence-electron chi connectivity index (χ4n) is 1.34. The molecule has 0 N–H and O–H groups in total. The molecule has 0 unspecified atom stereocenters. The zero-order valence-electron chi connectivity index (χ0n) is 9.93. The number of hydrogen-bond acceptors (Lipinski definition) is 3. The number of halogens is 4. The van der Waals surface area contributed by atoms with Gasteiger partial charge in [0.2, 0.25) is 0 Å². The van der Waals surface area contributed by atoms with Gasteiger partial charge in [0.15, 0.2) is 5.82 Å². The second-order valence-corrected chi connectivity index (χ2v) is 4.63. The summed E-state index contributed by atoms with van der Waals surface area (Å²) in [7, 11) is 0. The first-order valence-corrected chi connectivity index (χ1v) is 6.23. The van der Waals surface area contributed by atoms with Gasteiger partial charge in [-0.1, -0.05) is 0 Å². The van der Waals surface area contributed by atoms with Gasteiger partial charge in [0.1, 0.15) is 5.75 Å². The number of rotatable bonds is 3. The maximum absolute atomic E-state index is 12.0. The highest BCUT2D eigenvalue weighted by molar-refractivity contribution is 9.10. The summed E-state index contributed by atoms with van der Waals surface area (Å²) in [6, 6.07) is 8.90. The molecule has 1 aromatic carbocycles. The first-order chi connectivity index (χ1) is 9.42. The molecule has 7 heteroatoms. The second-order valence-electron chi connectivity index (χ2n) is 3.71. The van der Waals surface area contributed by atoms with E-state index in [1.165, 1.54) is 30.5 Å². The van der Waals surface area contributed by atoms with E-state index in [-0.39, 0.29) is 5.75 Å². The smallest absolute Gasteiger partial charge is 0.406 e. The van der Waals surface area contributed by atoms with Crippen LogP contribution in [-0.4, -0.2) is 17.6 Å². The Morgan fingerprint density at radius 1 is 1.10 bits per heavy atom. The average Bonchev–Trinajstić information content (AvgIpc) is 2.38. The summed E-state index contributed by atoms with van der Waals surface area (Å²) in [6.07, 6.45) is -1.57. The van der Waals surface area contributed by atoms with Crippen molar-refractivity contribution in [1.29, 1.82) is 0 Å². The summed E-state index contributed by atoms with van der Waals surface area (Å²) < 4.78 is 40.6. The summed E-state index contributed by atoms with van der Waals surface area (Å²) in [5.74, 6) is 0.236. The minimum absolute atomic E-state index is 0.267. The van der Waals surface area contributed by atoms with Gasteiger partial charge >= 0.3 is 6.36 Å². The van der Waals surface area contributed by atoms with Crippen LogP contribution >= 0.6 is 15.9 Å². The Morgan fingerprint density at radius 3 is 2.35 bits per heavy atom. The van der Waals surface area contributed by atoms with Crippen molar-refractivity contribution in [3.8, 4) is 5.75 Å². The number of aromatic nitrogens is 1. The lowest BCUT2D eigenvalue weighted by atomic mass is 10.2. The van der Waals surface area contributed by atoms with Crippen LogP contribution in [0.3, 0.4) is 0 Å². The summed E-state index contributed by atoms with van der Waals surface area (Å²) in [5.41, 5.74) is 0.643. The number of alkyl halides is 3. The summed E-state index contributed by atoms with van der Waals surface area (Å²) in [5, 5.41) is 0. The van der Waals surface area contributed by atoms with Crippen molar-refractivity contribution < 1.29 is 17.9 Å². The maximum atomic E-state index is 12.0. The molecular weight excluding hydrogens is 337 g/mol. The third-order valence-electron chi connectivity index (χ3n) is 2.17. The van der Waals surface area contributed by atoms with Gasteiger partial charge in [-0.05, 0) is 57.9 Å². The predicted octanol–water partition coefficient (Wildman–Crippen LogP) is 4.49. The van der Waals surface area contributed by atoms with E-state index in [4.69, 9.17) is 0 Å². The number of ether oxygens (including phenoxy) is 1. The van der Waals surface area contributed by atoms with E-state index >= 15 is 0 Å². The number of benzene rings is 1. The average molecular weight is 345 g/mol. The predicted molar refractivity (Wildman–Crippen MR) is 72.3 cm³/mol. The SMILES string of the molecule is FC(F)(F)Oc1ccc(C=Nc2ccc(Br)cn2)cc1. The molecule has 3 nitrogen and oxygen atoms in total. The van der Waals surface area contributed by atoms with Gasteiger partial charge in [-0.2, -0.15) is 0 Å². The Morgan fingerprint density at radius 2 is 1.80 bits per heavy atom. The number of hydrogen-bond donors (Lipinski definition) is 0. The lowest BCUT2D eigenvalue weighted by Crippen LogP contribution is -2.16. The Balaban J connectivity index is 2.05. The first kappa shape index (κ1) is 14.5. The molecule has 0 radical (unpaired) electrons. The van der Waals surface area contributed by atoms with Crippen LogP contribution in [0.1, 0.15) is 5.56 Å². The third kappa shape index (κ3) is 4.65. The van der Waals surface area contributed by atoms with Crippen LogP contribution in [-0.2, 0) is 0 Å². The fraction of sp³-hybridized carbons (Fsp3) is 0.0769. The van der Waals surface area contributed by atoms with E-state index in [0.717, 1.165) is 4.47 Å². The molecule has 20 heavy (non-hydrogen) atoms. The molecule has 0 aliphatic rings. The molecule has 0 saturated heterocycles. The lowest BCUT2D eigenvalue weighted by molar-refractivity contribution is -0.274. The number of nitrogens with zero attached hydrogens (tertiary/aromatic N) is 2.